The van der Waals surface area contributed by atoms with Gasteiger partial charge >= 0.3 is 12.1 Å². The molecule has 1 aromatic carbocycles. The number of rotatable bonds is 4. The Morgan fingerprint density at radius 2 is 2.05 bits per heavy atom. The number of benzene rings is 1. The van der Waals surface area contributed by atoms with Crippen molar-refractivity contribution in [3.8, 4) is 5.75 Å². The van der Waals surface area contributed by atoms with Gasteiger partial charge in [0.15, 0.2) is 6.10 Å². The Kier molecular flexibility index (Phi) is 5.41. The zero-order valence-electron chi connectivity index (χ0n) is 10.6. The predicted octanol–water partition coefficient (Wildman–Crippen LogP) is 3.07. The Labute approximate surface area is 121 Å². The molecule has 0 aromatic heterocycles. The summed E-state index contributed by atoms with van der Waals surface area (Å²) in [6.07, 6.45) is -6.48. The summed E-state index contributed by atoms with van der Waals surface area (Å²) in [6.45, 7) is 1.54. The first-order valence-electron chi connectivity index (χ1n) is 5.51. The van der Waals surface area contributed by atoms with E-state index in [1.165, 1.54) is 13.0 Å². The van der Waals surface area contributed by atoms with Gasteiger partial charge in [-0.15, -0.1) is 0 Å². The smallest absolute Gasteiger partial charge is 0.420 e. The van der Waals surface area contributed by atoms with Crippen molar-refractivity contribution in [2.45, 2.75) is 19.2 Å². The van der Waals surface area contributed by atoms with Crippen LogP contribution in [0.15, 0.2) is 16.6 Å². The predicted molar refractivity (Wildman–Crippen MR) is 67.3 cm³/mol. The maximum atomic E-state index is 12.9. The van der Waals surface area contributed by atoms with Gasteiger partial charge < -0.3 is 14.6 Å². The van der Waals surface area contributed by atoms with Gasteiger partial charge in [-0.05, 0) is 40.5 Å². The first kappa shape index (κ1) is 16.8. The summed E-state index contributed by atoms with van der Waals surface area (Å²) < 4.78 is 48.0. The number of methoxy groups -OCH3 is 1. The summed E-state index contributed by atoms with van der Waals surface area (Å²) in [5.41, 5.74) is -1.32. The fraction of sp³-hybridized carbons (Fsp3) is 0.417. The minimum Gasteiger partial charge on any atom is -0.495 e. The zero-order chi connectivity index (χ0) is 15.5. The van der Waals surface area contributed by atoms with Gasteiger partial charge in [0.1, 0.15) is 5.75 Å². The molecule has 20 heavy (non-hydrogen) atoms. The van der Waals surface area contributed by atoms with E-state index in [-0.39, 0.29) is 16.6 Å². The summed E-state index contributed by atoms with van der Waals surface area (Å²) in [5.74, 6) is -1.44. The number of carbonyl (C=O) groups excluding carboxylic acids is 1. The number of hydrogen-bond donors (Lipinski definition) is 1. The van der Waals surface area contributed by atoms with Gasteiger partial charge in [-0.1, -0.05) is 0 Å². The maximum Gasteiger partial charge on any atom is 0.420 e. The molecule has 0 saturated carbocycles. The van der Waals surface area contributed by atoms with Crippen LogP contribution < -0.4 is 4.74 Å². The fourth-order valence-electron chi connectivity index (χ4n) is 1.55. The molecule has 0 spiro atoms. The van der Waals surface area contributed by atoms with Gasteiger partial charge in [0.25, 0.3) is 0 Å². The highest BCUT2D eigenvalue weighted by Gasteiger charge is 2.37. The lowest BCUT2D eigenvalue weighted by Crippen LogP contribution is -2.17. The number of aliphatic hydroxyl groups is 1. The van der Waals surface area contributed by atoms with E-state index in [2.05, 4.69) is 25.4 Å². The van der Waals surface area contributed by atoms with E-state index < -0.39 is 29.6 Å². The third-order valence-electron chi connectivity index (χ3n) is 2.40. The van der Waals surface area contributed by atoms with Crippen LogP contribution in [0.3, 0.4) is 0 Å². The molecule has 8 heteroatoms. The van der Waals surface area contributed by atoms with Crippen LogP contribution in [0.25, 0.3) is 0 Å². The molecule has 1 aromatic rings. The Morgan fingerprint density at radius 3 is 2.50 bits per heavy atom. The Morgan fingerprint density at radius 1 is 1.45 bits per heavy atom. The number of esters is 1. The van der Waals surface area contributed by atoms with E-state index in [4.69, 9.17) is 0 Å². The van der Waals surface area contributed by atoms with E-state index in [1.54, 1.807) is 0 Å². The molecule has 0 aliphatic carbocycles. The van der Waals surface area contributed by atoms with Crippen molar-refractivity contribution in [1.29, 1.82) is 0 Å². The van der Waals surface area contributed by atoms with Crippen LogP contribution in [-0.4, -0.2) is 24.8 Å². The first-order chi connectivity index (χ1) is 9.22. The van der Waals surface area contributed by atoms with Crippen LogP contribution in [0.1, 0.15) is 24.2 Å². The van der Waals surface area contributed by atoms with Crippen LogP contribution in [0.4, 0.5) is 13.2 Å². The minimum atomic E-state index is -4.68. The van der Waals surface area contributed by atoms with Crippen molar-refractivity contribution in [2.24, 2.45) is 0 Å². The summed E-state index contributed by atoms with van der Waals surface area (Å²) in [7, 11) is 1.09. The molecular weight excluding hydrogens is 345 g/mol. The molecule has 0 amide bonds. The summed E-state index contributed by atoms with van der Waals surface area (Å²) in [5, 5.41) is 9.69. The molecule has 0 aliphatic heterocycles. The van der Waals surface area contributed by atoms with Gasteiger partial charge in [-0.2, -0.15) is 13.2 Å². The molecule has 0 radical (unpaired) electrons. The Bertz CT molecular complexity index is 502. The highest BCUT2D eigenvalue weighted by Crippen LogP contribution is 2.42. The van der Waals surface area contributed by atoms with Crippen LogP contribution in [0.5, 0.6) is 5.75 Å². The molecule has 0 aliphatic rings. The molecule has 1 N–H and O–H groups in total. The Hall–Kier alpha value is -1.28. The van der Waals surface area contributed by atoms with Crippen LogP contribution in [0, 0.1) is 0 Å². The number of alkyl halides is 3. The topological polar surface area (TPSA) is 55.8 Å². The van der Waals surface area contributed by atoms with Crippen LogP contribution in [-0.2, 0) is 15.7 Å². The van der Waals surface area contributed by atoms with Crippen LogP contribution in [0.2, 0.25) is 0 Å². The largest absolute Gasteiger partial charge is 0.495 e. The Balaban J connectivity index is 3.31. The normalized spacial score (nSPS) is 12.9. The molecule has 1 atom stereocenters. The summed E-state index contributed by atoms with van der Waals surface area (Å²) in [4.78, 5) is 11.4. The van der Waals surface area contributed by atoms with E-state index in [1.807, 2.05) is 0 Å². The van der Waals surface area contributed by atoms with Gasteiger partial charge in [-0.25, -0.2) is 4.79 Å². The lowest BCUT2D eigenvalue weighted by molar-refractivity contribution is -0.153. The van der Waals surface area contributed by atoms with Crippen molar-refractivity contribution in [3.63, 3.8) is 0 Å². The average Bonchev–Trinajstić information content (AvgIpc) is 2.36. The average molecular weight is 357 g/mol. The fourth-order valence-corrected chi connectivity index (χ4v) is 2.19. The standard InChI is InChI=1S/C12H12BrF3O4/c1-3-20-11(18)9(17)6-4-7(12(14,15)16)10(19-2)8(13)5-6/h4-5,9,17H,3H2,1-2H3. The van der Waals surface area contributed by atoms with E-state index in [0.29, 0.717) is 6.07 Å². The van der Waals surface area contributed by atoms with Gasteiger partial charge in [0.2, 0.25) is 0 Å². The highest BCUT2D eigenvalue weighted by molar-refractivity contribution is 9.10. The van der Waals surface area contributed by atoms with Crippen LogP contribution >= 0.6 is 15.9 Å². The van der Waals surface area contributed by atoms with Crippen molar-refractivity contribution >= 4 is 21.9 Å². The molecule has 1 unspecified atom stereocenters. The van der Waals surface area contributed by atoms with E-state index >= 15 is 0 Å². The molecule has 0 bridgehead atoms. The first-order valence-corrected chi connectivity index (χ1v) is 6.31. The number of ether oxygens (including phenoxy) is 2. The van der Waals surface area contributed by atoms with Crippen molar-refractivity contribution in [1.82, 2.24) is 0 Å². The number of aliphatic hydroxyl groups excluding tert-OH is 1. The molecule has 112 valence electrons. The van der Waals surface area contributed by atoms with Crippen molar-refractivity contribution in [3.05, 3.63) is 27.7 Å². The molecule has 4 nitrogen and oxygen atoms in total. The third-order valence-corrected chi connectivity index (χ3v) is 2.99. The molecular formula is C12H12BrF3O4. The second kappa shape index (κ2) is 6.45. The van der Waals surface area contributed by atoms with E-state index in [0.717, 1.165) is 7.11 Å². The van der Waals surface area contributed by atoms with Gasteiger partial charge in [0, 0.05) is 0 Å². The highest BCUT2D eigenvalue weighted by atomic mass is 79.9. The summed E-state index contributed by atoms with van der Waals surface area (Å²) >= 11 is 2.92. The van der Waals surface area contributed by atoms with E-state index in [9.17, 15) is 23.1 Å². The molecule has 0 heterocycles. The number of carbonyl (C=O) groups is 1. The quantitative estimate of drug-likeness (QED) is 0.842. The lowest BCUT2D eigenvalue weighted by Gasteiger charge is -2.17. The summed E-state index contributed by atoms with van der Waals surface area (Å²) in [6, 6.07) is 1.83. The maximum absolute atomic E-state index is 12.9. The minimum absolute atomic E-state index is 0.0132. The van der Waals surface area contributed by atoms with Crippen molar-refractivity contribution in [2.75, 3.05) is 13.7 Å². The van der Waals surface area contributed by atoms with Gasteiger partial charge in [-0.3, -0.25) is 0 Å². The molecule has 0 fully saturated rings. The zero-order valence-corrected chi connectivity index (χ0v) is 12.2. The van der Waals surface area contributed by atoms with Gasteiger partial charge in [0.05, 0.1) is 23.8 Å². The second-order valence-electron chi connectivity index (χ2n) is 3.74. The van der Waals surface area contributed by atoms with Crippen molar-refractivity contribution < 1.29 is 32.5 Å². The molecule has 0 saturated heterocycles. The third kappa shape index (κ3) is 3.63. The lowest BCUT2D eigenvalue weighted by atomic mass is 10.0. The number of halogens is 4. The number of hydrogen-bond acceptors (Lipinski definition) is 4. The monoisotopic (exact) mass is 356 g/mol. The second-order valence-corrected chi connectivity index (χ2v) is 4.59. The molecule has 1 rings (SSSR count). The SMILES string of the molecule is CCOC(=O)C(O)c1cc(Br)c(OC)c(C(F)(F)F)c1.